The van der Waals surface area contributed by atoms with Gasteiger partial charge in [-0.1, -0.05) is 97.1 Å². The monoisotopic (exact) mass is 336 g/mol. The van der Waals surface area contributed by atoms with Crippen molar-refractivity contribution in [1.29, 1.82) is 0 Å². The highest BCUT2D eigenvalue weighted by Gasteiger charge is 2.01. The minimum absolute atomic E-state index is 0.589. The van der Waals surface area contributed by atoms with E-state index in [4.69, 9.17) is 4.74 Å². The van der Waals surface area contributed by atoms with Gasteiger partial charge < -0.3 is 4.74 Å². The van der Waals surface area contributed by atoms with Crippen LogP contribution in [0, 0.1) is 0 Å². The van der Waals surface area contributed by atoms with Crippen LogP contribution in [-0.4, -0.2) is 0 Å². The molecule has 1 nitrogen and oxygen atoms in total. The molecular weight excluding hydrogens is 316 g/mol. The molecule has 1 heteroatoms. The fraction of sp³-hybridized carbons (Fsp3) is 0.0400. The molecule has 0 bridgehead atoms. The molecule has 0 N–H and O–H groups in total. The van der Waals surface area contributed by atoms with E-state index in [-0.39, 0.29) is 0 Å². The lowest BCUT2D eigenvalue weighted by atomic mass is 10.0. The van der Waals surface area contributed by atoms with Crippen LogP contribution < -0.4 is 4.74 Å². The third kappa shape index (κ3) is 3.84. The van der Waals surface area contributed by atoms with Crippen molar-refractivity contribution in [2.24, 2.45) is 0 Å². The summed E-state index contributed by atoms with van der Waals surface area (Å²) in [7, 11) is 0. The standard InChI is InChI=1S/C25H20O/c1-3-7-20(8-4-1)19-26-25-17-15-24(16-18-25)23-13-11-22(12-14-23)21-9-5-2-6-10-21/h1-18H,19H2. The summed E-state index contributed by atoms with van der Waals surface area (Å²) in [5.41, 5.74) is 6.05. The van der Waals surface area contributed by atoms with E-state index in [1.54, 1.807) is 0 Å². The molecule has 0 aliphatic carbocycles. The summed E-state index contributed by atoms with van der Waals surface area (Å²) in [6.45, 7) is 0.589. The first-order valence-corrected chi connectivity index (χ1v) is 8.81. The Labute approximate surface area is 154 Å². The number of rotatable bonds is 5. The first-order valence-electron chi connectivity index (χ1n) is 8.81. The molecule has 0 spiro atoms. The summed E-state index contributed by atoms with van der Waals surface area (Å²) in [5.74, 6) is 0.888. The molecule has 0 aliphatic rings. The van der Waals surface area contributed by atoms with E-state index in [0.717, 1.165) is 5.75 Å². The molecule has 0 aromatic heterocycles. The molecule has 4 rings (SSSR count). The molecule has 0 saturated carbocycles. The Kier molecular flexibility index (Phi) is 4.79. The zero-order chi connectivity index (χ0) is 17.6. The van der Waals surface area contributed by atoms with Crippen molar-refractivity contribution >= 4 is 0 Å². The zero-order valence-electron chi connectivity index (χ0n) is 14.5. The van der Waals surface area contributed by atoms with E-state index in [9.17, 15) is 0 Å². The molecule has 0 fully saturated rings. The van der Waals surface area contributed by atoms with E-state index < -0.39 is 0 Å². The fourth-order valence-corrected chi connectivity index (χ4v) is 2.97. The summed E-state index contributed by atoms with van der Waals surface area (Å²) >= 11 is 0. The minimum atomic E-state index is 0.589. The Morgan fingerprint density at radius 3 is 1.38 bits per heavy atom. The Morgan fingerprint density at radius 1 is 0.423 bits per heavy atom. The van der Waals surface area contributed by atoms with Crippen molar-refractivity contribution in [3.63, 3.8) is 0 Å². The van der Waals surface area contributed by atoms with E-state index >= 15 is 0 Å². The van der Waals surface area contributed by atoms with Crippen LogP contribution in [0.4, 0.5) is 0 Å². The van der Waals surface area contributed by atoms with Crippen LogP contribution in [0.1, 0.15) is 5.56 Å². The predicted octanol–water partition coefficient (Wildman–Crippen LogP) is 6.60. The van der Waals surface area contributed by atoms with Gasteiger partial charge in [-0.3, -0.25) is 0 Å². The van der Waals surface area contributed by atoms with Gasteiger partial charge in [0.15, 0.2) is 0 Å². The molecule has 0 atom stereocenters. The van der Waals surface area contributed by atoms with Crippen molar-refractivity contribution in [2.45, 2.75) is 6.61 Å². The van der Waals surface area contributed by atoms with Crippen molar-refractivity contribution < 1.29 is 4.74 Å². The van der Waals surface area contributed by atoms with Crippen molar-refractivity contribution in [2.75, 3.05) is 0 Å². The largest absolute Gasteiger partial charge is 0.489 e. The summed E-state index contributed by atoms with van der Waals surface area (Å²) in [6.07, 6.45) is 0. The molecule has 126 valence electrons. The van der Waals surface area contributed by atoms with Gasteiger partial charge in [0.1, 0.15) is 12.4 Å². The number of hydrogen-bond acceptors (Lipinski definition) is 1. The van der Waals surface area contributed by atoms with Crippen LogP contribution in [0.3, 0.4) is 0 Å². The van der Waals surface area contributed by atoms with Crippen molar-refractivity contribution in [3.8, 4) is 28.0 Å². The van der Waals surface area contributed by atoms with Gasteiger partial charge in [-0.05, 0) is 39.9 Å². The van der Waals surface area contributed by atoms with Crippen LogP contribution >= 0.6 is 0 Å². The summed E-state index contributed by atoms with van der Waals surface area (Å²) < 4.78 is 5.86. The summed E-state index contributed by atoms with van der Waals surface area (Å²) in [4.78, 5) is 0. The van der Waals surface area contributed by atoms with Gasteiger partial charge >= 0.3 is 0 Å². The number of benzene rings is 4. The van der Waals surface area contributed by atoms with E-state index in [1.165, 1.54) is 27.8 Å². The lowest BCUT2D eigenvalue weighted by Gasteiger charge is -2.08. The first kappa shape index (κ1) is 16.2. The van der Waals surface area contributed by atoms with Gasteiger partial charge in [-0.2, -0.15) is 0 Å². The van der Waals surface area contributed by atoms with Crippen LogP contribution in [0.5, 0.6) is 5.75 Å². The molecule has 0 heterocycles. The highest BCUT2D eigenvalue weighted by atomic mass is 16.5. The maximum absolute atomic E-state index is 5.86. The van der Waals surface area contributed by atoms with Gasteiger partial charge in [0.05, 0.1) is 0 Å². The SMILES string of the molecule is c1ccc(COc2ccc(-c3ccc(-c4ccccc4)cc3)cc2)cc1. The maximum atomic E-state index is 5.86. The lowest BCUT2D eigenvalue weighted by Crippen LogP contribution is -1.94. The average Bonchev–Trinajstić information content (AvgIpc) is 2.74. The van der Waals surface area contributed by atoms with Crippen LogP contribution in [0.2, 0.25) is 0 Å². The molecule has 0 aliphatic heterocycles. The topological polar surface area (TPSA) is 9.23 Å². The molecule has 4 aromatic rings. The van der Waals surface area contributed by atoms with Crippen LogP contribution in [-0.2, 0) is 6.61 Å². The van der Waals surface area contributed by atoms with E-state index in [1.807, 2.05) is 36.4 Å². The Morgan fingerprint density at radius 2 is 0.846 bits per heavy atom. The Balaban J connectivity index is 1.45. The molecule has 26 heavy (non-hydrogen) atoms. The number of hydrogen-bond donors (Lipinski definition) is 0. The molecule has 0 unspecified atom stereocenters. The van der Waals surface area contributed by atoms with Gasteiger partial charge in [-0.25, -0.2) is 0 Å². The van der Waals surface area contributed by atoms with Gasteiger partial charge in [-0.15, -0.1) is 0 Å². The van der Waals surface area contributed by atoms with Gasteiger partial charge in [0.25, 0.3) is 0 Å². The van der Waals surface area contributed by atoms with Crippen LogP contribution in [0.25, 0.3) is 22.3 Å². The molecule has 0 radical (unpaired) electrons. The van der Waals surface area contributed by atoms with Crippen molar-refractivity contribution in [1.82, 2.24) is 0 Å². The predicted molar refractivity (Wildman–Crippen MR) is 108 cm³/mol. The van der Waals surface area contributed by atoms with E-state index in [0.29, 0.717) is 6.61 Å². The zero-order valence-corrected chi connectivity index (χ0v) is 14.5. The van der Waals surface area contributed by atoms with Crippen LogP contribution in [0.15, 0.2) is 109 Å². The quantitative estimate of drug-likeness (QED) is 0.399. The minimum Gasteiger partial charge on any atom is -0.489 e. The first-order chi connectivity index (χ1) is 12.9. The fourth-order valence-electron chi connectivity index (χ4n) is 2.97. The molecule has 4 aromatic carbocycles. The van der Waals surface area contributed by atoms with Crippen molar-refractivity contribution in [3.05, 3.63) is 115 Å². The third-order valence-corrected chi connectivity index (χ3v) is 4.43. The smallest absolute Gasteiger partial charge is 0.119 e. The molecule has 0 saturated heterocycles. The highest BCUT2D eigenvalue weighted by molar-refractivity contribution is 5.70. The Bertz CT molecular complexity index is 940. The normalized spacial score (nSPS) is 10.5. The maximum Gasteiger partial charge on any atom is 0.119 e. The second-order valence-corrected chi connectivity index (χ2v) is 6.24. The van der Waals surface area contributed by atoms with Gasteiger partial charge in [0.2, 0.25) is 0 Å². The van der Waals surface area contributed by atoms with E-state index in [2.05, 4.69) is 72.8 Å². The molecule has 0 amide bonds. The molecular formula is C25H20O. The number of ether oxygens (including phenoxy) is 1. The summed E-state index contributed by atoms with van der Waals surface area (Å²) in [6, 6.07) is 37.6. The lowest BCUT2D eigenvalue weighted by molar-refractivity contribution is 0.306. The van der Waals surface area contributed by atoms with Gasteiger partial charge in [0, 0.05) is 0 Å². The second kappa shape index (κ2) is 7.71. The highest BCUT2D eigenvalue weighted by Crippen LogP contribution is 2.26. The second-order valence-electron chi connectivity index (χ2n) is 6.24. The summed E-state index contributed by atoms with van der Waals surface area (Å²) in [5, 5.41) is 0. The Hall–Kier alpha value is -3.32. The average molecular weight is 336 g/mol. The third-order valence-electron chi connectivity index (χ3n) is 4.43.